The molecule has 5 nitrogen and oxygen atoms in total. The summed E-state index contributed by atoms with van der Waals surface area (Å²) in [7, 11) is 0. The molecule has 140 valence electrons. The van der Waals surface area contributed by atoms with Gasteiger partial charge in [0.25, 0.3) is 0 Å². The number of halogens is 1. The van der Waals surface area contributed by atoms with Crippen LogP contribution in [-0.4, -0.2) is 30.9 Å². The summed E-state index contributed by atoms with van der Waals surface area (Å²) in [5.74, 6) is 0.147. The van der Waals surface area contributed by atoms with Gasteiger partial charge < -0.3 is 16.4 Å². The van der Waals surface area contributed by atoms with Crippen molar-refractivity contribution in [2.45, 2.75) is 51.5 Å². The number of amides is 2. The SMILES string of the molecule is Cc1ccc(CCC(=O)NCC(=O)NC2CCCCC2CN)cc1.Cl. The molecule has 0 aromatic heterocycles. The highest BCUT2D eigenvalue weighted by Gasteiger charge is 2.25. The van der Waals surface area contributed by atoms with Gasteiger partial charge in [0, 0.05) is 12.5 Å². The Morgan fingerprint density at radius 3 is 2.48 bits per heavy atom. The van der Waals surface area contributed by atoms with Crippen LogP contribution in [0.3, 0.4) is 0 Å². The van der Waals surface area contributed by atoms with Gasteiger partial charge in [0.1, 0.15) is 0 Å². The molecule has 2 rings (SSSR count). The minimum atomic E-state index is -0.121. The second-order valence-electron chi connectivity index (χ2n) is 6.72. The van der Waals surface area contributed by atoms with Crippen LogP contribution >= 0.6 is 12.4 Å². The van der Waals surface area contributed by atoms with E-state index >= 15 is 0 Å². The normalized spacial score (nSPS) is 19.6. The predicted molar refractivity (Wildman–Crippen MR) is 103 cm³/mol. The first-order chi connectivity index (χ1) is 11.6. The summed E-state index contributed by atoms with van der Waals surface area (Å²) in [6, 6.07) is 8.30. The third kappa shape index (κ3) is 7.45. The molecule has 1 saturated carbocycles. The second kappa shape index (κ2) is 11.1. The monoisotopic (exact) mass is 367 g/mol. The van der Waals surface area contributed by atoms with E-state index in [0.717, 1.165) is 24.8 Å². The lowest BCUT2D eigenvalue weighted by molar-refractivity contribution is -0.126. The van der Waals surface area contributed by atoms with Crippen molar-refractivity contribution in [1.29, 1.82) is 0 Å². The predicted octanol–water partition coefficient (Wildman–Crippen LogP) is 2.10. The van der Waals surface area contributed by atoms with Gasteiger partial charge in [0.15, 0.2) is 0 Å². The summed E-state index contributed by atoms with van der Waals surface area (Å²) in [5.41, 5.74) is 8.11. The highest BCUT2D eigenvalue weighted by atomic mass is 35.5. The maximum Gasteiger partial charge on any atom is 0.239 e. The zero-order chi connectivity index (χ0) is 17.4. The lowest BCUT2D eigenvalue weighted by Crippen LogP contribution is -2.48. The fourth-order valence-corrected chi connectivity index (χ4v) is 3.22. The van der Waals surface area contributed by atoms with Crippen molar-refractivity contribution in [2.24, 2.45) is 11.7 Å². The Bertz CT molecular complexity index is 548. The zero-order valence-corrected chi connectivity index (χ0v) is 15.7. The molecule has 6 heteroatoms. The van der Waals surface area contributed by atoms with Gasteiger partial charge in [-0.3, -0.25) is 9.59 Å². The van der Waals surface area contributed by atoms with Crippen LogP contribution in [0.1, 0.15) is 43.2 Å². The molecule has 2 amide bonds. The molecule has 25 heavy (non-hydrogen) atoms. The number of rotatable bonds is 7. The Balaban J connectivity index is 0.00000312. The maximum atomic E-state index is 12.0. The van der Waals surface area contributed by atoms with E-state index in [9.17, 15) is 9.59 Å². The van der Waals surface area contributed by atoms with Gasteiger partial charge in [0.2, 0.25) is 11.8 Å². The summed E-state index contributed by atoms with van der Waals surface area (Å²) in [4.78, 5) is 23.9. The summed E-state index contributed by atoms with van der Waals surface area (Å²) in [5, 5.41) is 5.73. The van der Waals surface area contributed by atoms with Crippen molar-refractivity contribution in [3.63, 3.8) is 0 Å². The molecule has 2 atom stereocenters. The number of carbonyl (C=O) groups excluding carboxylic acids is 2. The molecule has 1 aromatic rings. The molecular weight excluding hydrogens is 338 g/mol. The van der Waals surface area contributed by atoms with E-state index in [-0.39, 0.29) is 36.8 Å². The van der Waals surface area contributed by atoms with E-state index < -0.39 is 0 Å². The van der Waals surface area contributed by atoms with Gasteiger partial charge in [-0.05, 0) is 44.2 Å². The van der Waals surface area contributed by atoms with Crippen LogP contribution in [0.15, 0.2) is 24.3 Å². The van der Waals surface area contributed by atoms with Gasteiger partial charge in [-0.2, -0.15) is 0 Å². The van der Waals surface area contributed by atoms with Gasteiger partial charge in [-0.15, -0.1) is 12.4 Å². The van der Waals surface area contributed by atoms with Crippen LogP contribution in [-0.2, 0) is 16.0 Å². The summed E-state index contributed by atoms with van der Waals surface area (Å²) in [6.45, 7) is 2.69. The van der Waals surface area contributed by atoms with Crippen molar-refractivity contribution >= 4 is 24.2 Å². The van der Waals surface area contributed by atoms with E-state index in [0.29, 0.717) is 25.3 Å². The average Bonchev–Trinajstić information content (AvgIpc) is 2.60. The van der Waals surface area contributed by atoms with Crippen LogP contribution in [0.4, 0.5) is 0 Å². The molecule has 1 aromatic carbocycles. The minimum absolute atomic E-state index is 0. The molecule has 0 bridgehead atoms. The van der Waals surface area contributed by atoms with Crippen molar-refractivity contribution in [1.82, 2.24) is 10.6 Å². The highest BCUT2D eigenvalue weighted by Crippen LogP contribution is 2.23. The zero-order valence-electron chi connectivity index (χ0n) is 14.9. The largest absolute Gasteiger partial charge is 0.352 e. The molecule has 0 heterocycles. The van der Waals surface area contributed by atoms with Gasteiger partial charge in [0.05, 0.1) is 6.54 Å². The second-order valence-corrected chi connectivity index (χ2v) is 6.72. The smallest absolute Gasteiger partial charge is 0.239 e. The minimum Gasteiger partial charge on any atom is -0.352 e. The Morgan fingerprint density at radius 2 is 1.80 bits per heavy atom. The molecule has 0 aliphatic heterocycles. The Kier molecular flexibility index (Phi) is 9.53. The number of carbonyl (C=O) groups is 2. The molecule has 0 radical (unpaired) electrons. The third-order valence-electron chi connectivity index (χ3n) is 4.77. The van der Waals surface area contributed by atoms with Crippen molar-refractivity contribution in [3.8, 4) is 0 Å². The van der Waals surface area contributed by atoms with E-state index in [1.807, 2.05) is 31.2 Å². The van der Waals surface area contributed by atoms with Crippen molar-refractivity contribution in [2.75, 3.05) is 13.1 Å². The Labute approximate surface area is 156 Å². The molecular formula is C19H30ClN3O2. The maximum absolute atomic E-state index is 12.0. The number of hydrogen-bond donors (Lipinski definition) is 3. The Hall–Kier alpha value is -1.59. The number of aryl methyl sites for hydroxylation is 2. The summed E-state index contributed by atoms with van der Waals surface area (Å²) in [6.07, 6.45) is 5.45. The van der Waals surface area contributed by atoms with Crippen LogP contribution in [0.5, 0.6) is 0 Å². The third-order valence-corrected chi connectivity index (χ3v) is 4.77. The number of hydrogen-bond acceptors (Lipinski definition) is 3. The van der Waals surface area contributed by atoms with Crippen LogP contribution in [0.25, 0.3) is 0 Å². The quantitative estimate of drug-likeness (QED) is 0.690. The van der Waals surface area contributed by atoms with Crippen LogP contribution < -0.4 is 16.4 Å². The highest BCUT2D eigenvalue weighted by molar-refractivity contribution is 5.85. The van der Waals surface area contributed by atoms with Gasteiger partial charge in [-0.25, -0.2) is 0 Å². The fourth-order valence-electron chi connectivity index (χ4n) is 3.22. The molecule has 0 saturated heterocycles. The number of nitrogens with one attached hydrogen (secondary N) is 2. The van der Waals surface area contributed by atoms with Gasteiger partial charge >= 0.3 is 0 Å². The number of nitrogens with two attached hydrogens (primary N) is 1. The van der Waals surface area contributed by atoms with E-state index in [4.69, 9.17) is 5.73 Å². The van der Waals surface area contributed by atoms with Crippen molar-refractivity contribution in [3.05, 3.63) is 35.4 Å². The van der Waals surface area contributed by atoms with E-state index in [1.54, 1.807) is 0 Å². The molecule has 1 aliphatic carbocycles. The van der Waals surface area contributed by atoms with Gasteiger partial charge in [-0.1, -0.05) is 42.7 Å². The first-order valence-electron chi connectivity index (χ1n) is 8.90. The number of benzene rings is 1. The molecule has 0 spiro atoms. The fraction of sp³-hybridized carbons (Fsp3) is 0.579. The summed E-state index contributed by atoms with van der Waals surface area (Å²) >= 11 is 0. The van der Waals surface area contributed by atoms with E-state index in [2.05, 4.69) is 10.6 Å². The first kappa shape index (κ1) is 21.5. The molecule has 2 unspecified atom stereocenters. The topological polar surface area (TPSA) is 84.2 Å². The first-order valence-corrected chi connectivity index (χ1v) is 8.90. The van der Waals surface area contributed by atoms with Crippen LogP contribution in [0.2, 0.25) is 0 Å². The van der Waals surface area contributed by atoms with Crippen molar-refractivity contribution < 1.29 is 9.59 Å². The average molecular weight is 368 g/mol. The molecule has 4 N–H and O–H groups in total. The Morgan fingerprint density at radius 1 is 1.12 bits per heavy atom. The standard InChI is InChI=1S/C19H29N3O2.ClH/c1-14-6-8-15(9-7-14)10-11-18(23)21-13-19(24)22-17-5-3-2-4-16(17)12-20;/h6-9,16-17H,2-5,10-13,20H2,1H3,(H,21,23)(H,22,24);1H. The van der Waals surface area contributed by atoms with Crippen LogP contribution in [0, 0.1) is 12.8 Å². The molecule has 1 fully saturated rings. The van der Waals surface area contributed by atoms with E-state index in [1.165, 1.54) is 12.0 Å². The lowest BCUT2D eigenvalue weighted by Gasteiger charge is -2.31. The lowest BCUT2D eigenvalue weighted by atomic mass is 9.84. The molecule has 1 aliphatic rings. The summed E-state index contributed by atoms with van der Waals surface area (Å²) < 4.78 is 0.